The van der Waals surface area contributed by atoms with Crippen molar-refractivity contribution in [3.8, 4) is 0 Å². The van der Waals surface area contributed by atoms with Gasteiger partial charge in [-0.05, 0) is 6.92 Å². The fourth-order valence-electron chi connectivity index (χ4n) is 1.26. The molecular formula is C7H12F3NOS2. The molecule has 1 aliphatic rings. The molecule has 0 amide bonds. The van der Waals surface area contributed by atoms with Crippen LogP contribution in [0.1, 0.15) is 6.92 Å². The maximum Gasteiger partial charge on any atom is 0.415 e. The predicted molar refractivity (Wildman–Crippen MR) is 53.4 cm³/mol. The van der Waals surface area contributed by atoms with Crippen molar-refractivity contribution in [2.45, 2.75) is 24.6 Å². The van der Waals surface area contributed by atoms with Gasteiger partial charge in [0, 0.05) is 13.1 Å². The molecular weight excluding hydrogens is 235 g/mol. The molecule has 2 atom stereocenters. The van der Waals surface area contributed by atoms with Gasteiger partial charge in [-0.15, -0.1) is 11.7 Å². The molecule has 2 nitrogen and oxygen atoms in total. The molecule has 0 bridgehead atoms. The molecule has 7 heteroatoms. The second-order valence-electron chi connectivity index (χ2n) is 3.10. The Hall–Kier alpha value is 0.410. The quantitative estimate of drug-likeness (QED) is 0.593. The number of halogens is 3. The van der Waals surface area contributed by atoms with Gasteiger partial charge in [0.2, 0.25) is 0 Å². The molecule has 0 aromatic carbocycles. The third-order valence-electron chi connectivity index (χ3n) is 2.13. The van der Waals surface area contributed by atoms with Crippen LogP contribution in [0.5, 0.6) is 0 Å². The molecule has 0 radical (unpaired) electrons. The van der Waals surface area contributed by atoms with Gasteiger partial charge in [0.05, 0.1) is 12.0 Å². The van der Waals surface area contributed by atoms with Gasteiger partial charge in [-0.2, -0.15) is 13.2 Å². The minimum Gasteiger partial charge on any atom is -0.366 e. The van der Waals surface area contributed by atoms with Crippen LogP contribution in [0.3, 0.4) is 0 Å². The van der Waals surface area contributed by atoms with Gasteiger partial charge in [-0.25, -0.2) is 0 Å². The fraction of sp³-hybridized carbons (Fsp3) is 1.00. The summed E-state index contributed by atoms with van der Waals surface area (Å²) in [5, 5.41) is -0.0212. The smallest absolute Gasteiger partial charge is 0.366 e. The minimum absolute atomic E-state index is 0.0212. The van der Waals surface area contributed by atoms with Crippen molar-refractivity contribution >= 4 is 22.5 Å². The normalized spacial score (nSPS) is 27.6. The first kappa shape index (κ1) is 12.5. The highest BCUT2D eigenvalue weighted by atomic mass is 33.1. The second kappa shape index (κ2) is 4.96. The average Bonchev–Trinajstić information content (AvgIpc) is 2.15. The Kier molecular flexibility index (Phi) is 4.42. The van der Waals surface area contributed by atoms with Crippen molar-refractivity contribution in [3.63, 3.8) is 0 Å². The van der Waals surface area contributed by atoms with E-state index in [-0.39, 0.29) is 18.5 Å². The Balaban J connectivity index is 2.52. The van der Waals surface area contributed by atoms with Gasteiger partial charge in [0.1, 0.15) is 0 Å². The maximum atomic E-state index is 12.3. The summed E-state index contributed by atoms with van der Waals surface area (Å²) in [4.78, 5) is 1.72. The van der Waals surface area contributed by atoms with Gasteiger partial charge in [0.25, 0.3) is 0 Å². The summed E-state index contributed by atoms with van der Waals surface area (Å²) >= 11 is 3.98. The van der Waals surface area contributed by atoms with Gasteiger partial charge in [-0.3, -0.25) is 4.90 Å². The van der Waals surface area contributed by atoms with E-state index in [1.54, 1.807) is 4.90 Å². The Bertz CT molecular complexity index is 190. The SMILES string of the molecule is CC(SS)N1CCO[C@@H](C(F)(F)F)C1. The molecule has 0 spiro atoms. The topological polar surface area (TPSA) is 12.5 Å². The molecule has 0 N–H and O–H groups in total. The van der Waals surface area contributed by atoms with Crippen molar-refractivity contribution in [2.24, 2.45) is 0 Å². The van der Waals surface area contributed by atoms with Crippen LogP contribution in [0.2, 0.25) is 0 Å². The molecule has 1 saturated heterocycles. The first-order chi connectivity index (χ1) is 6.45. The van der Waals surface area contributed by atoms with E-state index >= 15 is 0 Å². The zero-order chi connectivity index (χ0) is 10.8. The maximum absolute atomic E-state index is 12.3. The number of hydrogen-bond donors (Lipinski definition) is 1. The summed E-state index contributed by atoms with van der Waals surface area (Å²) in [5.74, 6) is 0. The molecule has 0 saturated carbocycles. The zero-order valence-corrected chi connectivity index (χ0v) is 9.33. The summed E-state index contributed by atoms with van der Waals surface area (Å²) in [6, 6.07) is 0. The molecule has 1 fully saturated rings. The highest BCUT2D eigenvalue weighted by Gasteiger charge is 2.43. The van der Waals surface area contributed by atoms with Crippen LogP contribution in [0.25, 0.3) is 0 Å². The Morgan fingerprint density at radius 2 is 2.21 bits per heavy atom. The lowest BCUT2D eigenvalue weighted by atomic mass is 10.2. The Morgan fingerprint density at radius 3 is 2.71 bits per heavy atom. The Labute approximate surface area is 90.0 Å². The molecule has 1 heterocycles. The lowest BCUT2D eigenvalue weighted by molar-refractivity contribution is -0.237. The van der Waals surface area contributed by atoms with E-state index in [1.165, 1.54) is 10.8 Å². The summed E-state index contributed by atoms with van der Waals surface area (Å²) in [6.07, 6.45) is -5.92. The number of hydrogen-bond acceptors (Lipinski definition) is 4. The van der Waals surface area contributed by atoms with E-state index in [4.69, 9.17) is 0 Å². The number of nitrogens with zero attached hydrogens (tertiary/aromatic N) is 1. The van der Waals surface area contributed by atoms with Crippen molar-refractivity contribution in [1.82, 2.24) is 4.90 Å². The van der Waals surface area contributed by atoms with Crippen molar-refractivity contribution in [1.29, 1.82) is 0 Å². The molecule has 84 valence electrons. The van der Waals surface area contributed by atoms with E-state index in [0.29, 0.717) is 6.54 Å². The van der Waals surface area contributed by atoms with Crippen molar-refractivity contribution in [2.75, 3.05) is 19.7 Å². The van der Waals surface area contributed by atoms with E-state index in [1.807, 2.05) is 6.92 Å². The van der Waals surface area contributed by atoms with Crippen LogP contribution in [-0.4, -0.2) is 42.3 Å². The molecule has 1 aliphatic heterocycles. The first-order valence-corrected chi connectivity index (χ1v) is 6.11. The molecule has 1 rings (SSSR count). The van der Waals surface area contributed by atoms with Crippen LogP contribution >= 0.6 is 22.5 Å². The fourth-order valence-corrected chi connectivity index (χ4v) is 1.99. The van der Waals surface area contributed by atoms with Gasteiger partial charge in [-0.1, -0.05) is 10.8 Å². The van der Waals surface area contributed by atoms with Crippen molar-refractivity contribution < 1.29 is 17.9 Å². The first-order valence-electron chi connectivity index (χ1n) is 4.17. The minimum atomic E-state index is -4.26. The van der Waals surface area contributed by atoms with E-state index in [9.17, 15) is 13.2 Å². The van der Waals surface area contributed by atoms with Crippen molar-refractivity contribution in [3.05, 3.63) is 0 Å². The summed E-state index contributed by atoms with van der Waals surface area (Å²) in [5.41, 5.74) is 0. The lowest BCUT2D eigenvalue weighted by Gasteiger charge is -2.36. The third-order valence-corrected chi connectivity index (χ3v) is 3.65. The van der Waals surface area contributed by atoms with E-state index in [2.05, 4.69) is 16.4 Å². The Morgan fingerprint density at radius 1 is 1.57 bits per heavy atom. The van der Waals surface area contributed by atoms with E-state index in [0.717, 1.165) is 0 Å². The largest absolute Gasteiger partial charge is 0.415 e. The number of rotatable bonds is 2. The lowest BCUT2D eigenvalue weighted by Crippen LogP contribution is -2.51. The summed E-state index contributed by atoms with van der Waals surface area (Å²) in [7, 11) is 1.24. The average molecular weight is 247 g/mol. The molecule has 1 unspecified atom stereocenters. The van der Waals surface area contributed by atoms with Crippen LogP contribution < -0.4 is 0 Å². The number of ether oxygens (including phenoxy) is 1. The number of thiol groups is 1. The highest BCUT2D eigenvalue weighted by Crippen LogP contribution is 2.28. The van der Waals surface area contributed by atoms with Gasteiger partial charge in [0.15, 0.2) is 6.10 Å². The van der Waals surface area contributed by atoms with Crippen LogP contribution in [-0.2, 0) is 4.74 Å². The third kappa shape index (κ3) is 3.22. The van der Waals surface area contributed by atoms with E-state index < -0.39 is 12.3 Å². The standard InChI is InChI=1S/C7H12F3NOS2/c1-5(14-13)11-2-3-12-6(4-11)7(8,9)10/h5-6,13H,2-4H2,1H3/t5?,6-/m1/s1. The monoisotopic (exact) mass is 247 g/mol. The predicted octanol–water partition coefficient (Wildman–Crippen LogP) is 2.17. The van der Waals surface area contributed by atoms with Crippen LogP contribution in [0, 0.1) is 0 Å². The molecule has 0 aliphatic carbocycles. The summed E-state index contributed by atoms with van der Waals surface area (Å²) < 4.78 is 41.6. The van der Waals surface area contributed by atoms with Gasteiger partial charge < -0.3 is 4.74 Å². The molecule has 0 aromatic rings. The number of morpholine rings is 1. The molecule has 0 aromatic heterocycles. The summed E-state index contributed by atoms with van der Waals surface area (Å²) in [6.45, 7) is 2.39. The zero-order valence-electron chi connectivity index (χ0n) is 7.62. The van der Waals surface area contributed by atoms with Gasteiger partial charge >= 0.3 is 6.18 Å². The van der Waals surface area contributed by atoms with Crippen LogP contribution in [0.4, 0.5) is 13.2 Å². The molecule has 14 heavy (non-hydrogen) atoms. The van der Waals surface area contributed by atoms with Crippen LogP contribution in [0.15, 0.2) is 0 Å². The number of alkyl halides is 3. The highest BCUT2D eigenvalue weighted by molar-refractivity contribution is 8.68. The second-order valence-corrected chi connectivity index (χ2v) is 4.63.